The van der Waals surface area contributed by atoms with Crippen molar-refractivity contribution in [2.24, 2.45) is 0 Å². The molecule has 0 saturated carbocycles. The van der Waals surface area contributed by atoms with Gasteiger partial charge in [0.1, 0.15) is 6.54 Å². The maximum Gasteiger partial charge on any atom is 0.294 e. The van der Waals surface area contributed by atoms with Crippen LogP contribution in [-0.4, -0.2) is 51.1 Å². The third-order valence-electron chi connectivity index (χ3n) is 6.28. The van der Waals surface area contributed by atoms with Crippen LogP contribution in [-0.2, 0) is 16.1 Å². The summed E-state index contributed by atoms with van der Waals surface area (Å²) in [7, 11) is 0. The van der Waals surface area contributed by atoms with Crippen molar-refractivity contribution in [3.8, 4) is 0 Å². The molecule has 2 saturated heterocycles. The van der Waals surface area contributed by atoms with Gasteiger partial charge in [-0.05, 0) is 54.8 Å². The molecule has 2 aliphatic heterocycles. The highest BCUT2D eigenvalue weighted by atomic mass is 35.5. The summed E-state index contributed by atoms with van der Waals surface area (Å²) >= 11 is 7.26. The van der Waals surface area contributed by atoms with Crippen LogP contribution in [0.5, 0.6) is 0 Å². The molecule has 174 valence electrons. The van der Waals surface area contributed by atoms with Crippen molar-refractivity contribution in [2.75, 3.05) is 19.6 Å². The van der Waals surface area contributed by atoms with E-state index in [0.29, 0.717) is 29.6 Å². The molecule has 3 aromatic rings. The summed E-state index contributed by atoms with van der Waals surface area (Å²) < 4.78 is 2.09. The Bertz CT molecular complexity index is 1310. The van der Waals surface area contributed by atoms with Crippen molar-refractivity contribution in [3.63, 3.8) is 0 Å². The Balaban J connectivity index is 1.41. The number of rotatable bonds is 5. The van der Waals surface area contributed by atoms with Gasteiger partial charge in [0.25, 0.3) is 11.1 Å². The molecule has 5 rings (SSSR count). The molecule has 2 fully saturated rings. The number of hydrogen-bond acceptors (Lipinski definition) is 4. The van der Waals surface area contributed by atoms with Gasteiger partial charge in [-0.3, -0.25) is 19.3 Å². The number of amides is 3. The number of likely N-dealkylation sites (tertiary alicyclic amines) is 1. The van der Waals surface area contributed by atoms with Crippen LogP contribution in [0.2, 0.25) is 5.02 Å². The number of hydrogen-bond donors (Lipinski definition) is 0. The highest BCUT2D eigenvalue weighted by Crippen LogP contribution is 2.34. The van der Waals surface area contributed by atoms with Crippen molar-refractivity contribution in [3.05, 3.63) is 75.8 Å². The molecule has 0 spiro atoms. The SMILES string of the molecule is O=C(CN1C(=O)S/C(=C\c2cn(Cc3ccccc3Cl)c3ccccc23)C1=O)N1CCCCC1. The van der Waals surface area contributed by atoms with Crippen LogP contribution < -0.4 is 0 Å². The van der Waals surface area contributed by atoms with E-state index in [9.17, 15) is 14.4 Å². The Hall–Kier alpha value is -3.03. The van der Waals surface area contributed by atoms with Crippen molar-refractivity contribution < 1.29 is 14.4 Å². The van der Waals surface area contributed by atoms with Crippen LogP contribution >= 0.6 is 23.4 Å². The molecule has 0 radical (unpaired) electrons. The molecule has 2 aromatic carbocycles. The number of benzene rings is 2. The fourth-order valence-corrected chi connectivity index (χ4v) is 5.51. The third kappa shape index (κ3) is 4.50. The number of piperidine rings is 1. The van der Waals surface area contributed by atoms with Crippen LogP contribution in [0.4, 0.5) is 4.79 Å². The standard InChI is InChI=1S/C26H24ClN3O3S/c27-21-10-4-2-8-18(21)15-29-16-19(20-9-3-5-11-22(20)29)14-23-25(32)30(26(33)34-23)17-24(31)28-12-6-1-7-13-28/h2-5,8-11,14,16H,1,6-7,12-13,15,17H2/b23-14-. The summed E-state index contributed by atoms with van der Waals surface area (Å²) in [6, 6.07) is 15.6. The second-order valence-corrected chi connectivity index (χ2v) is 9.93. The van der Waals surface area contributed by atoms with Crippen LogP contribution in [0.1, 0.15) is 30.4 Å². The summed E-state index contributed by atoms with van der Waals surface area (Å²) in [5.41, 5.74) is 2.84. The molecule has 1 aromatic heterocycles. The van der Waals surface area contributed by atoms with E-state index in [1.807, 2.05) is 54.7 Å². The maximum absolute atomic E-state index is 13.0. The van der Waals surface area contributed by atoms with Gasteiger partial charge in [0, 0.05) is 47.3 Å². The predicted octanol–water partition coefficient (Wildman–Crippen LogP) is 5.39. The van der Waals surface area contributed by atoms with Gasteiger partial charge in [-0.2, -0.15) is 0 Å². The molecule has 8 heteroatoms. The van der Waals surface area contributed by atoms with Gasteiger partial charge in [-0.15, -0.1) is 0 Å². The molecular weight excluding hydrogens is 470 g/mol. The summed E-state index contributed by atoms with van der Waals surface area (Å²) in [6.07, 6.45) is 6.76. The second kappa shape index (κ2) is 9.68. The minimum Gasteiger partial charge on any atom is -0.342 e. The monoisotopic (exact) mass is 493 g/mol. The molecular formula is C26H24ClN3O3S. The number of para-hydroxylation sites is 1. The van der Waals surface area contributed by atoms with Crippen LogP contribution in [0.15, 0.2) is 59.6 Å². The van der Waals surface area contributed by atoms with Gasteiger partial charge in [-0.25, -0.2) is 0 Å². The molecule has 0 unspecified atom stereocenters. The number of carbonyl (C=O) groups is 3. The number of imide groups is 1. The number of nitrogens with zero attached hydrogens (tertiary/aromatic N) is 3. The fraction of sp³-hybridized carbons (Fsp3) is 0.269. The largest absolute Gasteiger partial charge is 0.342 e. The first kappa shape index (κ1) is 22.7. The van der Waals surface area contributed by atoms with Gasteiger partial charge >= 0.3 is 0 Å². The quantitative estimate of drug-likeness (QED) is 0.447. The average molecular weight is 494 g/mol. The smallest absolute Gasteiger partial charge is 0.294 e. The van der Waals surface area contributed by atoms with E-state index in [4.69, 9.17) is 11.6 Å². The van der Waals surface area contributed by atoms with Crippen molar-refractivity contribution in [1.29, 1.82) is 0 Å². The highest BCUT2D eigenvalue weighted by molar-refractivity contribution is 8.18. The molecule has 34 heavy (non-hydrogen) atoms. The number of carbonyl (C=O) groups excluding carboxylic acids is 3. The number of thioether (sulfide) groups is 1. The molecule has 0 N–H and O–H groups in total. The van der Waals surface area contributed by atoms with E-state index in [-0.39, 0.29) is 12.5 Å². The van der Waals surface area contributed by atoms with Gasteiger partial charge in [-0.1, -0.05) is 48.0 Å². The molecule has 3 heterocycles. The average Bonchev–Trinajstić information content (AvgIpc) is 3.33. The van der Waals surface area contributed by atoms with Gasteiger partial charge in [0.2, 0.25) is 5.91 Å². The maximum atomic E-state index is 13.0. The zero-order chi connectivity index (χ0) is 23.7. The summed E-state index contributed by atoms with van der Waals surface area (Å²) in [5.74, 6) is -0.581. The number of halogens is 1. The van der Waals surface area contributed by atoms with Crippen molar-refractivity contribution in [2.45, 2.75) is 25.8 Å². The van der Waals surface area contributed by atoms with E-state index in [1.54, 1.807) is 11.0 Å². The third-order valence-corrected chi connectivity index (χ3v) is 7.56. The fourth-order valence-electron chi connectivity index (χ4n) is 4.49. The lowest BCUT2D eigenvalue weighted by Crippen LogP contribution is -2.44. The predicted molar refractivity (Wildman–Crippen MR) is 136 cm³/mol. The topological polar surface area (TPSA) is 62.6 Å². The molecule has 6 nitrogen and oxygen atoms in total. The van der Waals surface area contributed by atoms with Crippen LogP contribution in [0.25, 0.3) is 17.0 Å². The van der Waals surface area contributed by atoms with Crippen molar-refractivity contribution >= 4 is 57.4 Å². The lowest BCUT2D eigenvalue weighted by molar-refractivity contribution is -0.136. The number of aromatic nitrogens is 1. The van der Waals surface area contributed by atoms with E-state index < -0.39 is 11.1 Å². The molecule has 0 aliphatic carbocycles. The normalized spacial score (nSPS) is 17.9. The van der Waals surface area contributed by atoms with E-state index in [0.717, 1.165) is 58.0 Å². The first-order chi connectivity index (χ1) is 16.5. The van der Waals surface area contributed by atoms with Gasteiger partial charge < -0.3 is 9.47 Å². The molecule has 3 amide bonds. The van der Waals surface area contributed by atoms with Crippen molar-refractivity contribution in [1.82, 2.24) is 14.4 Å². The van der Waals surface area contributed by atoms with Crippen LogP contribution in [0, 0.1) is 0 Å². The van der Waals surface area contributed by atoms with Gasteiger partial charge in [0.05, 0.1) is 4.91 Å². The highest BCUT2D eigenvalue weighted by Gasteiger charge is 2.37. The van der Waals surface area contributed by atoms with E-state index in [1.165, 1.54) is 0 Å². The lowest BCUT2D eigenvalue weighted by Gasteiger charge is -2.27. The minimum absolute atomic E-state index is 0.167. The van der Waals surface area contributed by atoms with E-state index >= 15 is 0 Å². The first-order valence-electron chi connectivity index (χ1n) is 11.4. The Morgan fingerprint density at radius 3 is 2.53 bits per heavy atom. The second-order valence-electron chi connectivity index (χ2n) is 8.53. The molecule has 0 bridgehead atoms. The minimum atomic E-state index is -0.414. The lowest BCUT2D eigenvalue weighted by atomic mass is 10.1. The first-order valence-corrected chi connectivity index (χ1v) is 12.5. The Morgan fingerprint density at radius 2 is 1.74 bits per heavy atom. The summed E-state index contributed by atoms with van der Waals surface area (Å²) in [4.78, 5) is 41.4. The zero-order valence-corrected chi connectivity index (χ0v) is 20.1. The van der Waals surface area contributed by atoms with E-state index in [2.05, 4.69) is 4.57 Å². The number of fused-ring (bicyclic) bond motifs is 1. The van der Waals surface area contributed by atoms with Crippen LogP contribution in [0.3, 0.4) is 0 Å². The zero-order valence-electron chi connectivity index (χ0n) is 18.6. The molecule has 0 atom stereocenters. The summed E-state index contributed by atoms with van der Waals surface area (Å²) in [6.45, 7) is 1.77. The Kier molecular flexibility index (Phi) is 6.48. The Labute approximate surface area is 207 Å². The molecule has 2 aliphatic rings. The Morgan fingerprint density at radius 1 is 1.00 bits per heavy atom. The van der Waals surface area contributed by atoms with Gasteiger partial charge in [0.15, 0.2) is 0 Å². The summed E-state index contributed by atoms with van der Waals surface area (Å²) in [5, 5.41) is 1.27.